The van der Waals surface area contributed by atoms with Crippen LogP contribution in [0.2, 0.25) is 0 Å². The fourth-order valence-corrected chi connectivity index (χ4v) is 5.43. The summed E-state index contributed by atoms with van der Waals surface area (Å²) in [5, 5.41) is 8.04. The van der Waals surface area contributed by atoms with Crippen LogP contribution < -0.4 is 5.32 Å². The van der Waals surface area contributed by atoms with Crippen LogP contribution in [-0.2, 0) is 16.1 Å². The molecule has 0 aliphatic carbocycles. The van der Waals surface area contributed by atoms with Gasteiger partial charge in [-0.3, -0.25) is 19.1 Å². The van der Waals surface area contributed by atoms with E-state index in [0.717, 1.165) is 16.7 Å². The van der Waals surface area contributed by atoms with Crippen LogP contribution in [0.1, 0.15) is 42.1 Å². The van der Waals surface area contributed by atoms with E-state index in [1.165, 1.54) is 6.92 Å². The summed E-state index contributed by atoms with van der Waals surface area (Å²) in [6.07, 6.45) is 4.03. The Labute approximate surface area is 234 Å². The first-order chi connectivity index (χ1) is 18.6. The predicted octanol–water partition coefficient (Wildman–Crippen LogP) is 4.35. The molecule has 1 fully saturated rings. The number of benzene rings is 1. The molecule has 0 radical (unpaired) electrons. The molecule has 0 saturated carbocycles. The van der Waals surface area contributed by atoms with Crippen molar-refractivity contribution in [2.75, 3.05) is 11.9 Å². The maximum absolute atomic E-state index is 13.6. The second-order valence-corrected chi connectivity index (χ2v) is 10.8. The van der Waals surface area contributed by atoms with Crippen molar-refractivity contribution < 1.29 is 14.4 Å². The Morgan fingerprint density at radius 3 is 2.54 bits per heavy atom. The molecule has 0 bridgehead atoms. The Morgan fingerprint density at radius 2 is 1.85 bits per heavy atom. The molecule has 39 heavy (non-hydrogen) atoms. The van der Waals surface area contributed by atoms with Crippen LogP contribution >= 0.6 is 15.9 Å². The van der Waals surface area contributed by atoms with E-state index in [0.29, 0.717) is 45.8 Å². The van der Waals surface area contributed by atoms with E-state index in [9.17, 15) is 14.4 Å². The third-order valence-electron chi connectivity index (χ3n) is 6.87. The van der Waals surface area contributed by atoms with Gasteiger partial charge in [0, 0.05) is 36.8 Å². The lowest BCUT2D eigenvalue weighted by Gasteiger charge is -2.24. The number of nitrogens with zero attached hydrogens (tertiary/aromatic N) is 6. The van der Waals surface area contributed by atoms with Gasteiger partial charge < -0.3 is 10.2 Å². The minimum Gasteiger partial charge on any atom is -0.329 e. The van der Waals surface area contributed by atoms with Crippen molar-refractivity contribution in [2.24, 2.45) is 5.92 Å². The van der Waals surface area contributed by atoms with Gasteiger partial charge in [-0.25, -0.2) is 15.0 Å². The maximum Gasteiger partial charge on any atom is 0.248 e. The molecule has 4 heterocycles. The van der Waals surface area contributed by atoms with E-state index in [-0.39, 0.29) is 30.1 Å². The van der Waals surface area contributed by atoms with E-state index in [2.05, 4.69) is 41.3 Å². The van der Waals surface area contributed by atoms with Crippen LogP contribution in [0.25, 0.3) is 22.0 Å². The van der Waals surface area contributed by atoms with Crippen molar-refractivity contribution in [3.05, 3.63) is 64.4 Å². The van der Waals surface area contributed by atoms with E-state index < -0.39 is 6.04 Å². The van der Waals surface area contributed by atoms with Crippen molar-refractivity contribution in [1.82, 2.24) is 29.6 Å². The first-order valence-corrected chi connectivity index (χ1v) is 13.4. The number of amides is 2. The van der Waals surface area contributed by atoms with Crippen LogP contribution in [0.4, 0.5) is 5.82 Å². The van der Waals surface area contributed by atoms with Crippen LogP contribution in [0.15, 0.2) is 47.3 Å². The summed E-state index contributed by atoms with van der Waals surface area (Å²) < 4.78 is 2.18. The Balaban J connectivity index is 1.44. The standard InChI is InChI=1S/C28H28BrN7O3/c1-15-8-22(28(39)33-24-7-5-6-23(29)32-24)35(13-15)25(38)14-36-27-16(2)9-19(20-11-30-18(4)31-12-20)10-21(27)26(34-36)17(3)37/h5-7,9-12,15,22H,8,13-14H2,1-4H3,(H,32,33,39)/t15-,22+/m1/s1. The SMILES string of the molecule is CC(=O)c1nn(CC(=O)N2C[C@H](C)C[C@H]2C(=O)Nc2cccc(Br)n2)c2c(C)cc(-c3cnc(C)nc3)cc12. The molecule has 200 valence electrons. The molecule has 2 atom stereocenters. The molecule has 0 unspecified atom stereocenters. The van der Waals surface area contributed by atoms with Crippen molar-refractivity contribution in [3.8, 4) is 11.1 Å². The number of ketones is 1. The number of anilines is 1. The third kappa shape index (κ3) is 5.44. The molecule has 1 aromatic carbocycles. The van der Waals surface area contributed by atoms with E-state index >= 15 is 0 Å². The number of fused-ring (bicyclic) bond motifs is 1. The van der Waals surface area contributed by atoms with Crippen molar-refractivity contribution >= 4 is 50.2 Å². The van der Waals surface area contributed by atoms with Gasteiger partial charge in [-0.1, -0.05) is 13.0 Å². The van der Waals surface area contributed by atoms with E-state index in [4.69, 9.17) is 0 Å². The Kier molecular flexibility index (Phi) is 7.26. The monoisotopic (exact) mass is 589 g/mol. The predicted molar refractivity (Wildman–Crippen MR) is 150 cm³/mol. The number of hydrogen-bond donors (Lipinski definition) is 1. The summed E-state index contributed by atoms with van der Waals surface area (Å²) in [6.45, 7) is 7.58. The lowest BCUT2D eigenvalue weighted by atomic mass is 10.0. The van der Waals surface area contributed by atoms with Crippen LogP contribution in [0, 0.1) is 19.8 Å². The van der Waals surface area contributed by atoms with Crippen molar-refractivity contribution in [1.29, 1.82) is 0 Å². The molecular weight excluding hydrogens is 562 g/mol. The zero-order valence-corrected chi connectivity index (χ0v) is 23.7. The second-order valence-electron chi connectivity index (χ2n) is 10.0. The van der Waals surface area contributed by atoms with Crippen molar-refractivity contribution in [3.63, 3.8) is 0 Å². The highest BCUT2D eigenvalue weighted by Gasteiger charge is 2.38. The molecule has 10 nitrogen and oxygen atoms in total. The number of pyridine rings is 1. The van der Waals surface area contributed by atoms with Gasteiger partial charge in [0.25, 0.3) is 0 Å². The second kappa shape index (κ2) is 10.6. The average molecular weight is 590 g/mol. The molecule has 2 amide bonds. The van der Waals surface area contributed by atoms with Gasteiger partial charge in [0.05, 0.1) is 5.52 Å². The highest BCUT2D eigenvalue weighted by Crippen LogP contribution is 2.31. The number of carbonyl (C=O) groups is 3. The molecule has 5 rings (SSSR count). The van der Waals surface area contributed by atoms with Gasteiger partial charge in [-0.2, -0.15) is 5.10 Å². The summed E-state index contributed by atoms with van der Waals surface area (Å²) in [5.74, 6) is 0.518. The van der Waals surface area contributed by atoms with Gasteiger partial charge >= 0.3 is 0 Å². The van der Waals surface area contributed by atoms with E-state index in [1.54, 1.807) is 40.2 Å². The number of aryl methyl sites for hydroxylation is 2. The zero-order chi connectivity index (χ0) is 27.8. The summed E-state index contributed by atoms with van der Waals surface area (Å²) in [5.41, 5.74) is 3.54. The van der Waals surface area contributed by atoms with Crippen LogP contribution in [0.5, 0.6) is 0 Å². The number of aromatic nitrogens is 5. The number of Topliss-reactive ketones (excluding diaryl/α,β-unsaturated/α-hetero) is 1. The number of halogens is 1. The molecule has 1 aliphatic heterocycles. The summed E-state index contributed by atoms with van der Waals surface area (Å²) in [6, 6.07) is 8.49. The first kappa shape index (κ1) is 26.6. The van der Waals surface area contributed by atoms with Gasteiger partial charge in [0.1, 0.15) is 34.5 Å². The molecule has 4 aromatic rings. The maximum atomic E-state index is 13.6. The summed E-state index contributed by atoms with van der Waals surface area (Å²) in [7, 11) is 0. The minimum absolute atomic E-state index is 0.0940. The largest absolute Gasteiger partial charge is 0.329 e. The quantitative estimate of drug-likeness (QED) is 0.262. The third-order valence-corrected chi connectivity index (χ3v) is 7.31. The minimum atomic E-state index is -0.628. The van der Waals surface area contributed by atoms with Crippen LogP contribution in [0.3, 0.4) is 0 Å². The molecule has 1 aliphatic rings. The van der Waals surface area contributed by atoms with Crippen LogP contribution in [-0.4, -0.2) is 59.8 Å². The molecule has 3 aromatic heterocycles. The molecule has 0 spiro atoms. The summed E-state index contributed by atoms with van der Waals surface area (Å²) in [4.78, 5) is 53.7. The Morgan fingerprint density at radius 1 is 1.10 bits per heavy atom. The molecule has 11 heteroatoms. The first-order valence-electron chi connectivity index (χ1n) is 12.6. The highest BCUT2D eigenvalue weighted by atomic mass is 79.9. The number of carbonyl (C=O) groups excluding carboxylic acids is 3. The van der Waals surface area contributed by atoms with Crippen molar-refractivity contribution in [2.45, 2.75) is 46.7 Å². The van der Waals surface area contributed by atoms with Gasteiger partial charge in [-0.05, 0) is 77.5 Å². The lowest BCUT2D eigenvalue weighted by Crippen LogP contribution is -2.44. The smallest absolute Gasteiger partial charge is 0.248 e. The number of hydrogen-bond acceptors (Lipinski definition) is 7. The lowest BCUT2D eigenvalue weighted by molar-refractivity contribution is -0.137. The number of rotatable bonds is 6. The fraction of sp³-hybridized carbons (Fsp3) is 0.321. The number of nitrogens with one attached hydrogen (secondary N) is 1. The van der Waals surface area contributed by atoms with Gasteiger partial charge in [0.2, 0.25) is 11.8 Å². The molecule has 1 N–H and O–H groups in total. The topological polar surface area (TPSA) is 123 Å². The fourth-order valence-electron chi connectivity index (χ4n) is 5.09. The number of likely N-dealkylation sites (tertiary alicyclic amines) is 1. The highest BCUT2D eigenvalue weighted by molar-refractivity contribution is 9.10. The average Bonchev–Trinajstić information content (AvgIpc) is 3.45. The zero-order valence-electron chi connectivity index (χ0n) is 22.1. The Bertz CT molecular complexity index is 1600. The van der Waals surface area contributed by atoms with E-state index in [1.807, 2.05) is 32.9 Å². The summed E-state index contributed by atoms with van der Waals surface area (Å²) >= 11 is 3.31. The van der Waals surface area contributed by atoms with Gasteiger partial charge in [-0.15, -0.1) is 0 Å². The molecule has 1 saturated heterocycles. The Hall–Kier alpha value is -3.99. The molecular formula is C28H28BrN7O3. The normalized spacial score (nSPS) is 17.0. The van der Waals surface area contributed by atoms with Gasteiger partial charge in [0.15, 0.2) is 5.78 Å².